The monoisotopic (exact) mass is 334 g/mol. The van der Waals surface area contributed by atoms with Crippen molar-refractivity contribution in [3.05, 3.63) is 83.3 Å². The van der Waals surface area contributed by atoms with Crippen LogP contribution in [-0.4, -0.2) is 16.5 Å². The Morgan fingerprint density at radius 2 is 1.80 bits per heavy atom. The normalized spacial score (nSPS) is 13.4. The Balaban J connectivity index is 1.48. The molecule has 0 spiro atoms. The van der Waals surface area contributed by atoms with Gasteiger partial charge >= 0.3 is 0 Å². The minimum atomic E-state index is -0.211. The van der Waals surface area contributed by atoms with E-state index in [9.17, 15) is 4.39 Å². The number of aromatic nitrogens is 2. The zero-order valence-electron chi connectivity index (χ0n) is 13.8. The molecule has 2 aromatic carbocycles. The Morgan fingerprint density at radius 1 is 1.00 bits per heavy atom. The van der Waals surface area contributed by atoms with E-state index in [0.717, 1.165) is 19.5 Å². The minimum Gasteiger partial charge on any atom is -0.366 e. The van der Waals surface area contributed by atoms with Crippen molar-refractivity contribution in [2.24, 2.45) is 0 Å². The first-order chi connectivity index (χ1) is 12.3. The molecular formula is C20H19FN4. The summed E-state index contributed by atoms with van der Waals surface area (Å²) in [6, 6.07) is 17.0. The lowest BCUT2D eigenvalue weighted by atomic mass is 10.0. The van der Waals surface area contributed by atoms with Gasteiger partial charge < -0.3 is 10.2 Å². The largest absolute Gasteiger partial charge is 0.366 e. The zero-order chi connectivity index (χ0) is 17.1. The summed E-state index contributed by atoms with van der Waals surface area (Å²) in [6.45, 7) is 2.10. The van der Waals surface area contributed by atoms with Gasteiger partial charge in [0, 0.05) is 31.4 Å². The minimum absolute atomic E-state index is 0.211. The first kappa shape index (κ1) is 15.6. The van der Waals surface area contributed by atoms with E-state index in [0.29, 0.717) is 23.9 Å². The molecule has 0 unspecified atom stereocenters. The highest BCUT2D eigenvalue weighted by Crippen LogP contribution is 2.22. The average molecular weight is 334 g/mol. The van der Waals surface area contributed by atoms with Crippen molar-refractivity contribution in [2.45, 2.75) is 19.5 Å². The van der Waals surface area contributed by atoms with Crippen LogP contribution in [0.4, 0.5) is 16.2 Å². The molecule has 0 amide bonds. The van der Waals surface area contributed by atoms with Gasteiger partial charge in [-0.25, -0.2) is 9.37 Å². The number of fused-ring (bicyclic) bond motifs is 1. The molecule has 25 heavy (non-hydrogen) atoms. The number of halogens is 1. The van der Waals surface area contributed by atoms with Crippen molar-refractivity contribution in [3.63, 3.8) is 0 Å². The van der Waals surface area contributed by atoms with E-state index in [2.05, 4.69) is 44.5 Å². The van der Waals surface area contributed by atoms with Crippen molar-refractivity contribution in [3.8, 4) is 0 Å². The standard InChI is InChI=1S/C20H19FN4/c21-18-8-4-3-6-16(18)13-23-19-9-11-22-20(24-19)25-12-10-15-5-1-2-7-17(15)14-25/h1-9,11H,10,12-14H2,(H,22,23,24). The van der Waals surface area contributed by atoms with Crippen molar-refractivity contribution in [1.82, 2.24) is 9.97 Å². The molecule has 2 heterocycles. The number of hydrogen-bond acceptors (Lipinski definition) is 4. The lowest BCUT2D eigenvalue weighted by molar-refractivity contribution is 0.613. The van der Waals surface area contributed by atoms with Crippen LogP contribution in [0.3, 0.4) is 0 Å². The van der Waals surface area contributed by atoms with E-state index < -0.39 is 0 Å². The Hall–Kier alpha value is -2.95. The molecule has 0 aliphatic carbocycles. The van der Waals surface area contributed by atoms with Gasteiger partial charge in [-0.1, -0.05) is 42.5 Å². The van der Waals surface area contributed by atoms with Crippen LogP contribution in [0.1, 0.15) is 16.7 Å². The van der Waals surface area contributed by atoms with Crippen molar-refractivity contribution in [1.29, 1.82) is 0 Å². The number of rotatable bonds is 4. The van der Waals surface area contributed by atoms with Gasteiger partial charge in [0.1, 0.15) is 11.6 Å². The zero-order valence-corrected chi connectivity index (χ0v) is 13.8. The molecule has 3 aromatic rings. The molecule has 0 atom stereocenters. The fourth-order valence-corrected chi connectivity index (χ4v) is 3.09. The molecule has 4 rings (SSSR count). The second-order valence-electron chi connectivity index (χ2n) is 6.13. The Morgan fingerprint density at radius 3 is 2.68 bits per heavy atom. The second-order valence-corrected chi connectivity index (χ2v) is 6.13. The SMILES string of the molecule is Fc1ccccc1CNc1ccnc(N2CCc3ccccc3C2)n1. The number of nitrogens with zero attached hydrogens (tertiary/aromatic N) is 3. The summed E-state index contributed by atoms with van der Waals surface area (Å²) < 4.78 is 13.7. The fourth-order valence-electron chi connectivity index (χ4n) is 3.09. The molecule has 0 fully saturated rings. The lowest BCUT2D eigenvalue weighted by Crippen LogP contribution is -2.31. The number of benzene rings is 2. The topological polar surface area (TPSA) is 41.1 Å². The maximum Gasteiger partial charge on any atom is 0.227 e. The Kier molecular flexibility index (Phi) is 4.29. The molecule has 0 saturated carbocycles. The summed E-state index contributed by atoms with van der Waals surface area (Å²) in [5.41, 5.74) is 3.34. The van der Waals surface area contributed by atoms with Gasteiger partial charge in [-0.3, -0.25) is 0 Å². The predicted octanol–water partition coefficient (Wildman–Crippen LogP) is 3.79. The van der Waals surface area contributed by atoms with Crippen LogP contribution in [-0.2, 0) is 19.5 Å². The maximum absolute atomic E-state index is 13.7. The molecule has 0 radical (unpaired) electrons. The molecule has 0 saturated heterocycles. The van der Waals surface area contributed by atoms with E-state index in [4.69, 9.17) is 0 Å². The summed E-state index contributed by atoms with van der Waals surface area (Å²) in [4.78, 5) is 11.2. The second kappa shape index (κ2) is 6.89. The summed E-state index contributed by atoms with van der Waals surface area (Å²) in [5, 5.41) is 3.18. The molecule has 1 aliphatic rings. The highest BCUT2D eigenvalue weighted by molar-refractivity contribution is 5.45. The molecular weight excluding hydrogens is 315 g/mol. The summed E-state index contributed by atoms with van der Waals surface area (Å²) in [6.07, 6.45) is 2.74. The third-order valence-corrected chi connectivity index (χ3v) is 4.47. The molecule has 1 N–H and O–H groups in total. The van der Waals surface area contributed by atoms with Gasteiger partial charge in [-0.15, -0.1) is 0 Å². The molecule has 1 aliphatic heterocycles. The maximum atomic E-state index is 13.7. The van der Waals surface area contributed by atoms with Gasteiger partial charge in [-0.2, -0.15) is 4.98 Å². The van der Waals surface area contributed by atoms with Crippen LogP contribution < -0.4 is 10.2 Å². The van der Waals surface area contributed by atoms with E-state index in [1.165, 1.54) is 17.2 Å². The van der Waals surface area contributed by atoms with Gasteiger partial charge in [0.05, 0.1) is 0 Å². The van der Waals surface area contributed by atoms with Crippen molar-refractivity contribution in [2.75, 3.05) is 16.8 Å². The van der Waals surface area contributed by atoms with Crippen LogP contribution in [0.15, 0.2) is 60.8 Å². The van der Waals surface area contributed by atoms with Crippen LogP contribution in [0.25, 0.3) is 0 Å². The number of anilines is 2. The third kappa shape index (κ3) is 3.45. The van der Waals surface area contributed by atoms with Crippen LogP contribution >= 0.6 is 0 Å². The first-order valence-electron chi connectivity index (χ1n) is 8.41. The van der Waals surface area contributed by atoms with E-state index in [1.54, 1.807) is 18.3 Å². The number of hydrogen-bond donors (Lipinski definition) is 1. The van der Waals surface area contributed by atoms with E-state index in [-0.39, 0.29) is 5.82 Å². The number of nitrogens with one attached hydrogen (secondary N) is 1. The molecule has 4 nitrogen and oxygen atoms in total. The Bertz CT molecular complexity index is 881. The molecule has 1 aromatic heterocycles. The third-order valence-electron chi connectivity index (χ3n) is 4.47. The van der Waals surface area contributed by atoms with Crippen molar-refractivity contribution < 1.29 is 4.39 Å². The van der Waals surface area contributed by atoms with Crippen LogP contribution in [0, 0.1) is 5.82 Å². The van der Waals surface area contributed by atoms with E-state index >= 15 is 0 Å². The van der Waals surface area contributed by atoms with E-state index in [1.807, 2.05) is 12.1 Å². The van der Waals surface area contributed by atoms with Gasteiger partial charge in [0.15, 0.2) is 0 Å². The van der Waals surface area contributed by atoms with Gasteiger partial charge in [-0.05, 0) is 29.7 Å². The molecule has 126 valence electrons. The summed E-state index contributed by atoms with van der Waals surface area (Å²) in [7, 11) is 0. The molecule has 0 bridgehead atoms. The predicted molar refractivity (Wildman–Crippen MR) is 97.0 cm³/mol. The van der Waals surface area contributed by atoms with Crippen molar-refractivity contribution >= 4 is 11.8 Å². The highest BCUT2D eigenvalue weighted by Gasteiger charge is 2.18. The van der Waals surface area contributed by atoms with Crippen LogP contribution in [0.2, 0.25) is 0 Å². The first-order valence-corrected chi connectivity index (χ1v) is 8.41. The average Bonchev–Trinajstić information content (AvgIpc) is 2.67. The smallest absolute Gasteiger partial charge is 0.227 e. The van der Waals surface area contributed by atoms with Gasteiger partial charge in [0.2, 0.25) is 5.95 Å². The van der Waals surface area contributed by atoms with Crippen LogP contribution in [0.5, 0.6) is 0 Å². The molecule has 5 heteroatoms. The lowest BCUT2D eigenvalue weighted by Gasteiger charge is -2.28. The Labute approximate surface area is 146 Å². The highest BCUT2D eigenvalue weighted by atomic mass is 19.1. The van der Waals surface area contributed by atoms with Gasteiger partial charge in [0.25, 0.3) is 0 Å². The summed E-state index contributed by atoms with van der Waals surface area (Å²) in [5.74, 6) is 1.19. The quantitative estimate of drug-likeness (QED) is 0.788. The fraction of sp³-hybridized carbons (Fsp3) is 0.200. The summed E-state index contributed by atoms with van der Waals surface area (Å²) >= 11 is 0.